The van der Waals surface area contributed by atoms with Crippen LogP contribution >= 0.6 is 0 Å². The van der Waals surface area contributed by atoms with Crippen LogP contribution in [-0.2, 0) is 16.1 Å². The summed E-state index contributed by atoms with van der Waals surface area (Å²) in [4.78, 5) is 24.6. The van der Waals surface area contributed by atoms with E-state index in [9.17, 15) is 9.59 Å². The normalized spacial score (nSPS) is 14.5. The minimum Gasteiger partial charge on any atom is -0.489 e. The molecule has 3 rings (SSSR count). The van der Waals surface area contributed by atoms with Crippen LogP contribution in [0.3, 0.4) is 0 Å². The van der Waals surface area contributed by atoms with Crippen LogP contribution in [-0.4, -0.2) is 29.7 Å². The zero-order valence-corrected chi connectivity index (χ0v) is 18.4. The number of amides is 1. The van der Waals surface area contributed by atoms with E-state index in [1.54, 1.807) is 31.2 Å². The molecule has 0 spiro atoms. The van der Waals surface area contributed by atoms with Gasteiger partial charge in [-0.3, -0.25) is 4.79 Å². The third-order valence-corrected chi connectivity index (χ3v) is 5.44. The van der Waals surface area contributed by atoms with Gasteiger partial charge in [0.05, 0.1) is 16.8 Å². The molecule has 1 aromatic carbocycles. The first-order valence-corrected chi connectivity index (χ1v) is 10.7. The number of aromatic nitrogens is 1. The first kappa shape index (κ1) is 22.6. The third kappa shape index (κ3) is 6.44. The molecule has 1 amide bonds. The lowest BCUT2D eigenvalue weighted by molar-refractivity contribution is -0.129. The fraction of sp³-hybridized carbons (Fsp3) is 0.458. The van der Waals surface area contributed by atoms with E-state index in [1.165, 1.54) is 18.4 Å². The predicted octanol–water partition coefficient (Wildman–Crippen LogP) is 4.42. The van der Waals surface area contributed by atoms with Gasteiger partial charge in [-0.05, 0) is 77.1 Å². The smallest absolute Gasteiger partial charge is 0.338 e. The summed E-state index contributed by atoms with van der Waals surface area (Å²) in [6.45, 7) is 6.16. The van der Waals surface area contributed by atoms with Gasteiger partial charge in [0.1, 0.15) is 18.1 Å². The Labute approximate surface area is 182 Å². The Kier molecular flexibility index (Phi) is 7.87. The Morgan fingerprint density at radius 3 is 2.61 bits per heavy atom. The number of carbonyl (C=O) groups is 2. The van der Waals surface area contributed by atoms with Gasteiger partial charge in [0, 0.05) is 6.54 Å². The minimum atomic E-state index is -0.858. The molecule has 0 saturated carbocycles. The van der Waals surface area contributed by atoms with Crippen molar-refractivity contribution in [1.29, 1.82) is 0 Å². The van der Waals surface area contributed by atoms with Crippen molar-refractivity contribution in [1.82, 2.24) is 10.5 Å². The van der Waals surface area contributed by atoms with E-state index in [-0.39, 0.29) is 5.91 Å². The first-order chi connectivity index (χ1) is 14.9. The maximum absolute atomic E-state index is 12.4. The Morgan fingerprint density at radius 2 is 1.97 bits per heavy atom. The lowest BCUT2D eigenvalue weighted by atomic mass is 9.97. The first-order valence-electron chi connectivity index (χ1n) is 10.7. The van der Waals surface area contributed by atoms with Gasteiger partial charge in [0.2, 0.25) is 0 Å². The van der Waals surface area contributed by atoms with Crippen molar-refractivity contribution in [3.8, 4) is 5.75 Å². The van der Waals surface area contributed by atoms with Gasteiger partial charge in [0.25, 0.3) is 5.91 Å². The molecule has 0 unspecified atom stereocenters. The largest absolute Gasteiger partial charge is 0.489 e. The maximum atomic E-state index is 12.4. The summed E-state index contributed by atoms with van der Waals surface area (Å²) < 4.78 is 16.2. The Balaban J connectivity index is 1.43. The summed E-state index contributed by atoms with van der Waals surface area (Å²) in [5.74, 6) is 0.499. The van der Waals surface area contributed by atoms with E-state index >= 15 is 0 Å². The molecule has 0 aliphatic heterocycles. The molecule has 2 aromatic rings. The van der Waals surface area contributed by atoms with Gasteiger partial charge >= 0.3 is 5.97 Å². The Bertz CT molecular complexity index is 910. The summed E-state index contributed by atoms with van der Waals surface area (Å²) in [5.41, 5.74) is 3.45. The predicted molar refractivity (Wildman–Crippen MR) is 116 cm³/mol. The molecule has 166 valence electrons. The van der Waals surface area contributed by atoms with Crippen LogP contribution in [0.15, 0.2) is 40.4 Å². The number of hydrogen-bond acceptors (Lipinski definition) is 6. The lowest BCUT2D eigenvalue weighted by Gasteiger charge is -2.16. The fourth-order valence-electron chi connectivity index (χ4n) is 3.45. The molecule has 0 bridgehead atoms. The minimum absolute atomic E-state index is 0.288. The zero-order valence-electron chi connectivity index (χ0n) is 18.4. The van der Waals surface area contributed by atoms with Gasteiger partial charge in [-0.1, -0.05) is 16.8 Å². The van der Waals surface area contributed by atoms with E-state index < -0.39 is 12.1 Å². The molecule has 1 atom stereocenters. The zero-order chi connectivity index (χ0) is 22.2. The summed E-state index contributed by atoms with van der Waals surface area (Å²) in [5, 5.41) is 6.74. The van der Waals surface area contributed by atoms with Crippen molar-refractivity contribution in [3.05, 3.63) is 58.5 Å². The van der Waals surface area contributed by atoms with E-state index in [0.717, 1.165) is 36.3 Å². The number of esters is 1. The monoisotopic (exact) mass is 426 g/mol. The van der Waals surface area contributed by atoms with Crippen LogP contribution < -0.4 is 10.1 Å². The van der Waals surface area contributed by atoms with Crippen LogP contribution in [0.5, 0.6) is 5.75 Å². The van der Waals surface area contributed by atoms with E-state index in [2.05, 4.69) is 16.5 Å². The number of aryl methyl sites for hydroxylation is 2. The molecule has 7 nitrogen and oxygen atoms in total. The maximum Gasteiger partial charge on any atom is 0.338 e. The highest BCUT2D eigenvalue weighted by Gasteiger charge is 2.19. The number of rotatable bonds is 9. The summed E-state index contributed by atoms with van der Waals surface area (Å²) in [6.07, 6.45) is 6.96. The SMILES string of the molecule is Cc1noc(C)c1COc1ccc(C(=O)O[C@H](C)C(=O)NCCC2=CCCCC2)cc1. The number of allylic oxidation sites excluding steroid dienone is 1. The summed E-state index contributed by atoms with van der Waals surface area (Å²) >= 11 is 0. The number of benzene rings is 1. The summed E-state index contributed by atoms with van der Waals surface area (Å²) in [7, 11) is 0. The number of hydrogen-bond donors (Lipinski definition) is 1. The molecular weight excluding hydrogens is 396 g/mol. The van der Waals surface area contributed by atoms with Crippen LogP contribution in [0.4, 0.5) is 0 Å². The molecule has 1 aliphatic carbocycles. The van der Waals surface area contributed by atoms with Crippen LogP contribution in [0.25, 0.3) is 0 Å². The van der Waals surface area contributed by atoms with Gasteiger partial charge in [-0.25, -0.2) is 4.79 Å². The molecule has 7 heteroatoms. The number of nitrogens with one attached hydrogen (secondary N) is 1. The van der Waals surface area contributed by atoms with Crippen LogP contribution in [0.2, 0.25) is 0 Å². The molecule has 1 aliphatic rings. The van der Waals surface area contributed by atoms with Gasteiger partial charge in [-0.15, -0.1) is 0 Å². The second-order valence-corrected chi connectivity index (χ2v) is 7.81. The topological polar surface area (TPSA) is 90.7 Å². The lowest BCUT2D eigenvalue weighted by Crippen LogP contribution is -2.36. The van der Waals surface area contributed by atoms with Crippen molar-refractivity contribution < 1.29 is 23.6 Å². The van der Waals surface area contributed by atoms with Crippen molar-refractivity contribution in [2.24, 2.45) is 0 Å². The molecule has 0 radical (unpaired) electrons. The number of carbonyl (C=O) groups excluding carboxylic acids is 2. The van der Waals surface area contributed by atoms with Crippen LogP contribution in [0, 0.1) is 13.8 Å². The van der Waals surface area contributed by atoms with Crippen molar-refractivity contribution in [2.45, 2.75) is 65.6 Å². The average Bonchev–Trinajstić information content (AvgIpc) is 3.10. The molecule has 1 aromatic heterocycles. The van der Waals surface area contributed by atoms with Crippen molar-refractivity contribution in [3.63, 3.8) is 0 Å². The quantitative estimate of drug-likeness (QED) is 0.471. The van der Waals surface area contributed by atoms with Gasteiger partial charge in [0.15, 0.2) is 6.10 Å². The Morgan fingerprint density at radius 1 is 1.19 bits per heavy atom. The molecule has 1 N–H and O–H groups in total. The second kappa shape index (κ2) is 10.8. The van der Waals surface area contributed by atoms with Gasteiger partial charge < -0.3 is 19.3 Å². The fourth-order valence-corrected chi connectivity index (χ4v) is 3.45. The highest BCUT2D eigenvalue weighted by atomic mass is 16.5. The Hall–Kier alpha value is -3.09. The number of ether oxygens (including phenoxy) is 2. The van der Waals surface area contributed by atoms with E-state index in [4.69, 9.17) is 14.0 Å². The van der Waals surface area contributed by atoms with Crippen molar-refractivity contribution >= 4 is 11.9 Å². The highest BCUT2D eigenvalue weighted by molar-refractivity contribution is 5.92. The average molecular weight is 427 g/mol. The van der Waals surface area contributed by atoms with Crippen LogP contribution in [0.1, 0.15) is 66.4 Å². The number of nitrogens with zero attached hydrogens (tertiary/aromatic N) is 1. The van der Waals surface area contributed by atoms with E-state index in [1.807, 2.05) is 13.8 Å². The molecule has 31 heavy (non-hydrogen) atoms. The standard InChI is InChI=1S/C24H30N2O5/c1-16-22(17(2)31-26-16)15-29-21-11-9-20(10-12-21)24(28)30-18(3)23(27)25-14-13-19-7-5-4-6-8-19/h7,9-12,18H,4-6,8,13-15H2,1-3H3,(H,25,27)/t18-/m1/s1. The molecule has 1 heterocycles. The van der Waals surface area contributed by atoms with Gasteiger partial charge in [-0.2, -0.15) is 0 Å². The molecule has 0 fully saturated rings. The van der Waals surface area contributed by atoms with Crippen molar-refractivity contribution in [2.75, 3.05) is 6.54 Å². The third-order valence-electron chi connectivity index (χ3n) is 5.44. The molecular formula is C24H30N2O5. The molecule has 0 saturated heterocycles. The summed E-state index contributed by atoms with van der Waals surface area (Å²) in [6, 6.07) is 6.62. The second-order valence-electron chi connectivity index (χ2n) is 7.81. The highest BCUT2D eigenvalue weighted by Crippen LogP contribution is 2.20. The van der Waals surface area contributed by atoms with E-state index in [0.29, 0.717) is 24.5 Å².